The molecule has 1 unspecified atom stereocenters. The molecular weight excluding hydrogens is 663 g/mol. The van der Waals surface area contributed by atoms with E-state index >= 15 is 0 Å². The molecule has 0 radical (unpaired) electrons. The predicted octanol–water partition coefficient (Wildman–Crippen LogP) is 3.52. The van der Waals surface area contributed by atoms with E-state index in [0.717, 1.165) is 54.7 Å². The first-order valence-corrected chi connectivity index (χ1v) is 18.5. The van der Waals surface area contributed by atoms with E-state index in [9.17, 15) is 28.7 Å². The van der Waals surface area contributed by atoms with Crippen LogP contribution in [0.4, 0.5) is 4.39 Å². The second-order valence-corrected chi connectivity index (χ2v) is 15.3. The molecule has 4 amide bonds. The lowest BCUT2D eigenvalue weighted by atomic mass is 9.85. The molecule has 50 heavy (non-hydrogen) atoms. The highest BCUT2D eigenvalue weighted by molar-refractivity contribution is 7.13. The molecule has 1 aliphatic heterocycles. The Labute approximate surface area is 298 Å². The maximum absolute atomic E-state index is 14.5. The summed E-state index contributed by atoms with van der Waals surface area (Å²) in [5.41, 5.74) is 6.88. The van der Waals surface area contributed by atoms with Crippen molar-refractivity contribution in [1.82, 2.24) is 25.8 Å². The Hall–Kier alpha value is -3.62. The molecule has 12 nitrogen and oxygen atoms in total. The second-order valence-electron chi connectivity index (χ2n) is 14.5. The number of benzene rings is 1. The van der Waals surface area contributed by atoms with E-state index in [1.807, 2.05) is 25.1 Å². The topological polar surface area (TPSA) is 176 Å². The molecule has 1 saturated carbocycles. The zero-order valence-corrected chi connectivity index (χ0v) is 30.5. The van der Waals surface area contributed by atoms with Gasteiger partial charge in [-0.1, -0.05) is 58.6 Å². The quantitative estimate of drug-likeness (QED) is 0.146. The van der Waals surface area contributed by atoms with Crippen LogP contribution in [0.1, 0.15) is 89.8 Å². The van der Waals surface area contributed by atoms with Crippen LogP contribution in [0.3, 0.4) is 0 Å². The van der Waals surface area contributed by atoms with Crippen molar-refractivity contribution in [3.63, 3.8) is 0 Å². The minimum Gasteiger partial charge on any atom is -0.483 e. The van der Waals surface area contributed by atoms with Gasteiger partial charge in [-0.05, 0) is 56.2 Å². The minimum absolute atomic E-state index is 0.0102. The number of unbranched alkanes of at least 4 members (excludes halogenated alkanes) is 5. The maximum Gasteiger partial charge on any atom is 0.258 e. The SMILES string of the molecule is Cc1ncsc1-c1ccc(CNC(=O)C2C[C@@H](O)CN2C(=O)[C@@H](NC(=O)C2(F)CC2)C(C)(C)C)c(OCC(=O)NCCCCCCCCN)c1. The van der Waals surface area contributed by atoms with Gasteiger partial charge >= 0.3 is 0 Å². The van der Waals surface area contributed by atoms with Gasteiger partial charge in [-0.2, -0.15) is 0 Å². The summed E-state index contributed by atoms with van der Waals surface area (Å²) in [5.74, 6) is -1.72. The average molecular weight is 717 g/mol. The molecule has 6 N–H and O–H groups in total. The number of aromatic nitrogens is 1. The molecule has 1 aromatic carbocycles. The smallest absolute Gasteiger partial charge is 0.258 e. The van der Waals surface area contributed by atoms with Gasteiger partial charge in [0, 0.05) is 31.6 Å². The number of rotatable bonds is 18. The fourth-order valence-corrected chi connectivity index (χ4v) is 6.77. The molecule has 2 heterocycles. The summed E-state index contributed by atoms with van der Waals surface area (Å²) >= 11 is 1.48. The third kappa shape index (κ3) is 10.7. The molecule has 14 heteroatoms. The van der Waals surface area contributed by atoms with Crippen LogP contribution in [-0.2, 0) is 25.7 Å². The highest BCUT2D eigenvalue weighted by Crippen LogP contribution is 2.40. The average Bonchev–Trinajstić information content (AvgIpc) is 3.48. The molecule has 4 rings (SSSR count). The van der Waals surface area contributed by atoms with E-state index in [1.54, 1.807) is 26.3 Å². The number of hydrogen-bond donors (Lipinski definition) is 5. The highest BCUT2D eigenvalue weighted by atomic mass is 32.1. The van der Waals surface area contributed by atoms with Crippen molar-refractivity contribution >= 4 is 35.0 Å². The van der Waals surface area contributed by atoms with Crippen molar-refractivity contribution in [2.75, 3.05) is 26.2 Å². The molecule has 3 atom stereocenters. The first-order chi connectivity index (χ1) is 23.7. The van der Waals surface area contributed by atoms with Gasteiger partial charge in [-0.25, -0.2) is 9.37 Å². The molecule has 0 bridgehead atoms. The summed E-state index contributed by atoms with van der Waals surface area (Å²) in [6.07, 6.45) is 5.57. The number of β-amino-alcohol motifs (C(OH)–C–C–N with tert-alkyl or cyclic N) is 1. The number of alkyl halides is 1. The highest BCUT2D eigenvalue weighted by Gasteiger charge is 2.53. The van der Waals surface area contributed by atoms with E-state index < -0.39 is 47.0 Å². The van der Waals surface area contributed by atoms with Gasteiger partial charge in [0.2, 0.25) is 11.8 Å². The number of hydrogen-bond acceptors (Lipinski definition) is 9. The van der Waals surface area contributed by atoms with Crippen LogP contribution in [0.15, 0.2) is 23.7 Å². The lowest BCUT2D eigenvalue weighted by molar-refractivity contribution is -0.145. The van der Waals surface area contributed by atoms with Crippen LogP contribution >= 0.6 is 11.3 Å². The number of ether oxygens (including phenoxy) is 1. The lowest BCUT2D eigenvalue weighted by Crippen LogP contribution is -2.59. The number of aliphatic hydroxyl groups is 1. The number of amides is 4. The number of carbonyl (C=O) groups is 4. The van der Waals surface area contributed by atoms with Crippen LogP contribution in [-0.4, -0.2) is 88.7 Å². The summed E-state index contributed by atoms with van der Waals surface area (Å²) in [5, 5.41) is 18.9. The number of halogens is 1. The summed E-state index contributed by atoms with van der Waals surface area (Å²) in [7, 11) is 0. The third-order valence-electron chi connectivity index (χ3n) is 9.19. The summed E-state index contributed by atoms with van der Waals surface area (Å²) in [4.78, 5) is 59.2. The number of nitrogens with one attached hydrogen (secondary N) is 3. The van der Waals surface area contributed by atoms with Crippen molar-refractivity contribution in [1.29, 1.82) is 0 Å². The van der Waals surface area contributed by atoms with Crippen LogP contribution < -0.4 is 26.4 Å². The number of likely N-dealkylation sites (tertiary alicyclic amines) is 1. The van der Waals surface area contributed by atoms with Crippen molar-refractivity contribution in [3.05, 3.63) is 35.0 Å². The monoisotopic (exact) mass is 716 g/mol. The van der Waals surface area contributed by atoms with Gasteiger partial charge in [0.15, 0.2) is 12.3 Å². The van der Waals surface area contributed by atoms with Crippen LogP contribution in [0, 0.1) is 12.3 Å². The van der Waals surface area contributed by atoms with Gasteiger partial charge in [-0.15, -0.1) is 11.3 Å². The molecule has 2 aromatic rings. The largest absolute Gasteiger partial charge is 0.483 e. The van der Waals surface area contributed by atoms with Gasteiger partial charge in [0.05, 0.1) is 22.2 Å². The van der Waals surface area contributed by atoms with Gasteiger partial charge < -0.3 is 36.4 Å². The van der Waals surface area contributed by atoms with E-state index in [4.69, 9.17) is 10.5 Å². The fraction of sp³-hybridized carbons (Fsp3) is 0.639. The van der Waals surface area contributed by atoms with Crippen LogP contribution in [0.2, 0.25) is 0 Å². The second kappa shape index (κ2) is 17.5. The van der Waals surface area contributed by atoms with E-state index in [0.29, 0.717) is 24.4 Å². The summed E-state index contributed by atoms with van der Waals surface area (Å²) < 4.78 is 20.5. The standard InChI is InChI=1S/C36H53FN6O6S/c1-23-30(50-22-41-23)24-11-12-25(28(17-24)49-21-29(45)39-16-10-8-6-5-7-9-15-38)19-40-32(46)27-18-26(44)20-43(27)33(47)31(35(2,3)4)42-34(48)36(37)13-14-36/h11-12,17,22,26-27,31,44H,5-10,13-16,18-21,38H2,1-4H3,(H,39,45)(H,40,46)(H,42,48)/t26-,27?,31-/m1/s1. The van der Waals surface area contributed by atoms with E-state index in [1.165, 1.54) is 16.2 Å². The minimum atomic E-state index is -1.97. The van der Waals surface area contributed by atoms with Crippen molar-refractivity contribution < 1.29 is 33.4 Å². The summed E-state index contributed by atoms with van der Waals surface area (Å²) in [6, 6.07) is 3.43. The number of nitrogens with two attached hydrogens (primary N) is 1. The van der Waals surface area contributed by atoms with Crippen molar-refractivity contribution in [2.24, 2.45) is 11.1 Å². The van der Waals surface area contributed by atoms with Gasteiger partial charge in [0.25, 0.3) is 11.8 Å². The first kappa shape index (κ1) is 39.2. The van der Waals surface area contributed by atoms with Crippen molar-refractivity contribution in [3.8, 4) is 16.2 Å². The Balaban J connectivity index is 1.40. The lowest BCUT2D eigenvalue weighted by Gasteiger charge is -2.35. The fourth-order valence-electron chi connectivity index (χ4n) is 5.97. The Morgan fingerprint density at radius 2 is 1.82 bits per heavy atom. The third-order valence-corrected chi connectivity index (χ3v) is 10.2. The molecule has 2 aliphatic rings. The molecule has 0 spiro atoms. The van der Waals surface area contributed by atoms with Gasteiger partial charge in [-0.3, -0.25) is 19.2 Å². The number of carbonyl (C=O) groups excluding carboxylic acids is 4. The Bertz CT molecular complexity index is 1490. The number of aliphatic hydroxyl groups excluding tert-OH is 1. The predicted molar refractivity (Wildman–Crippen MR) is 190 cm³/mol. The van der Waals surface area contributed by atoms with Crippen LogP contribution in [0.5, 0.6) is 5.75 Å². The summed E-state index contributed by atoms with van der Waals surface area (Å²) in [6.45, 7) is 8.15. The molecule has 1 saturated heterocycles. The zero-order valence-electron chi connectivity index (χ0n) is 29.7. The Morgan fingerprint density at radius 3 is 2.46 bits per heavy atom. The molecule has 2 fully saturated rings. The molecular formula is C36H53FN6O6S. The number of aryl methyl sites for hydroxylation is 1. The number of thiazole rings is 1. The normalized spacial score (nSPS) is 18.7. The Morgan fingerprint density at radius 1 is 1.12 bits per heavy atom. The van der Waals surface area contributed by atoms with E-state index in [-0.39, 0.29) is 44.9 Å². The maximum atomic E-state index is 14.5. The Kier molecular flexibility index (Phi) is 13.7. The first-order valence-electron chi connectivity index (χ1n) is 17.6. The molecule has 276 valence electrons. The van der Waals surface area contributed by atoms with E-state index in [2.05, 4.69) is 20.9 Å². The van der Waals surface area contributed by atoms with Crippen LogP contribution in [0.25, 0.3) is 10.4 Å². The molecule has 1 aliphatic carbocycles. The van der Waals surface area contributed by atoms with Crippen molar-refractivity contribution in [2.45, 2.75) is 116 Å². The zero-order chi connectivity index (χ0) is 36.5. The van der Waals surface area contributed by atoms with Gasteiger partial charge in [0.1, 0.15) is 17.8 Å². The molecule has 1 aromatic heterocycles. The number of nitrogens with zero attached hydrogens (tertiary/aromatic N) is 2.